The molecule has 0 saturated heterocycles. The molecule has 34 heavy (non-hydrogen) atoms. The Kier molecular flexibility index (Phi) is 6.15. The van der Waals surface area contributed by atoms with E-state index in [2.05, 4.69) is 29.8 Å². The summed E-state index contributed by atoms with van der Waals surface area (Å²) in [6, 6.07) is 15.1. The van der Waals surface area contributed by atoms with Crippen LogP contribution in [0.25, 0.3) is 11.0 Å². The Morgan fingerprint density at radius 1 is 0.765 bits per heavy atom. The van der Waals surface area contributed by atoms with Crippen LogP contribution in [0, 0.1) is 0 Å². The molecule has 1 aromatic heterocycles. The van der Waals surface area contributed by atoms with Gasteiger partial charge in [0.2, 0.25) is 0 Å². The number of rotatable bonds is 7. The van der Waals surface area contributed by atoms with Gasteiger partial charge in [-0.2, -0.15) is 0 Å². The molecule has 0 bridgehead atoms. The number of nitrogens with zero attached hydrogens (tertiary/aromatic N) is 2. The number of esters is 2. The average Bonchev–Trinajstić information content (AvgIpc) is 3.34. The number of carbonyl (C=O) groups excluding carboxylic acids is 2. The van der Waals surface area contributed by atoms with Crippen LogP contribution >= 0.6 is 0 Å². The van der Waals surface area contributed by atoms with Gasteiger partial charge < -0.3 is 14.8 Å². The highest BCUT2D eigenvalue weighted by molar-refractivity contribution is 7.93. The van der Waals surface area contributed by atoms with E-state index in [-0.39, 0.29) is 27.2 Å². The van der Waals surface area contributed by atoms with Gasteiger partial charge >= 0.3 is 11.9 Å². The molecule has 4 rings (SSSR count). The first-order valence-electron chi connectivity index (χ1n) is 9.74. The summed E-state index contributed by atoms with van der Waals surface area (Å²) in [5, 5.41) is 10.7. The number of carbonyl (C=O) groups is 2. The minimum Gasteiger partial charge on any atom is -0.465 e. The number of aromatic nitrogens is 2. The van der Waals surface area contributed by atoms with E-state index in [0.717, 1.165) is 0 Å². The van der Waals surface area contributed by atoms with Gasteiger partial charge in [-0.05, 0) is 71.0 Å². The highest BCUT2D eigenvalue weighted by Crippen LogP contribution is 2.30. The molecule has 11 nitrogen and oxygen atoms in total. The van der Waals surface area contributed by atoms with Crippen LogP contribution in [-0.2, 0) is 19.5 Å². The highest BCUT2D eigenvalue weighted by atomic mass is 32.2. The minimum atomic E-state index is -4.06. The van der Waals surface area contributed by atoms with Gasteiger partial charge in [-0.25, -0.2) is 22.6 Å². The van der Waals surface area contributed by atoms with Crippen molar-refractivity contribution in [2.75, 3.05) is 24.3 Å². The van der Waals surface area contributed by atoms with E-state index in [0.29, 0.717) is 16.9 Å². The van der Waals surface area contributed by atoms with Gasteiger partial charge in [0.05, 0.1) is 31.0 Å². The number of methoxy groups -OCH3 is 2. The first kappa shape index (κ1) is 22.7. The van der Waals surface area contributed by atoms with Crippen LogP contribution in [0.15, 0.2) is 70.2 Å². The summed E-state index contributed by atoms with van der Waals surface area (Å²) in [5.41, 5.74) is 2.19. The molecule has 0 atom stereocenters. The third-order valence-corrected chi connectivity index (χ3v) is 6.22. The van der Waals surface area contributed by atoms with Crippen LogP contribution in [0.4, 0.5) is 17.1 Å². The minimum absolute atomic E-state index is 0.0230. The summed E-state index contributed by atoms with van der Waals surface area (Å²) in [4.78, 5) is 23.0. The van der Waals surface area contributed by atoms with Gasteiger partial charge in [-0.15, -0.1) is 0 Å². The van der Waals surface area contributed by atoms with Crippen molar-refractivity contribution in [2.24, 2.45) is 0 Å². The number of fused-ring (bicyclic) bond motifs is 1. The molecule has 0 aliphatic heterocycles. The SMILES string of the molecule is COC(=O)c1ccc(Nc2ccc(S(=O)(=O)Nc3ccc(C(=O)OC)cc3)c3nonc23)cc1. The van der Waals surface area contributed by atoms with E-state index >= 15 is 0 Å². The lowest BCUT2D eigenvalue weighted by Crippen LogP contribution is -2.14. The van der Waals surface area contributed by atoms with Crippen molar-refractivity contribution in [3.05, 3.63) is 71.8 Å². The van der Waals surface area contributed by atoms with Gasteiger partial charge in [0, 0.05) is 11.4 Å². The maximum atomic E-state index is 13.0. The van der Waals surface area contributed by atoms with Crippen molar-refractivity contribution in [3.63, 3.8) is 0 Å². The molecule has 1 heterocycles. The summed E-state index contributed by atoms with van der Waals surface area (Å²) in [5.74, 6) is -0.996. The Hall–Kier alpha value is -4.45. The van der Waals surface area contributed by atoms with Gasteiger partial charge in [0.25, 0.3) is 10.0 Å². The number of sulfonamides is 1. The van der Waals surface area contributed by atoms with Crippen molar-refractivity contribution in [2.45, 2.75) is 4.90 Å². The second kappa shape index (κ2) is 9.19. The highest BCUT2D eigenvalue weighted by Gasteiger charge is 2.23. The van der Waals surface area contributed by atoms with Crippen molar-refractivity contribution < 1.29 is 32.1 Å². The van der Waals surface area contributed by atoms with E-state index in [1.54, 1.807) is 24.3 Å². The molecule has 0 radical (unpaired) electrons. The Morgan fingerprint density at radius 3 is 1.85 bits per heavy atom. The first-order chi connectivity index (χ1) is 16.3. The summed E-state index contributed by atoms with van der Waals surface area (Å²) in [6.07, 6.45) is 0. The molecule has 0 aliphatic rings. The standard InChI is InChI=1S/C22H18N4O7S/c1-31-21(27)13-3-7-15(8-4-13)23-17-11-12-18(20-19(17)24-33-25-20)34(29,30)26-16-9-5-14(6-10-16)22(28)32-2/h3-12,23,26H,1-2H3. The predicted molar refractivity (Wildman–Crippen MR) is 121 cm³/mol. The fraction of sp³-hybridized carbons (Fsp3) is 0.0909. The summed E-state index contributed by atoms with van der Waals surface area (Å²) < 4.78 is 42.6. The molecular formula is C22H18N4O7S. The zero-order valence-corrected chi connectivity index (χ0v) is 18.8. The molecular weight excluding hydrogens is 464 g/mol. The molecule has 0 amide bonds. The maximum absolute atomic E-state index is 13.0. The lowest BCUT2D eigenvalue weighted by atomic mass is 10.2. The second-order valence-electron chi connectivity index (χ2n) is 6.94. The Labute approximate surface area is 193 Å². The van der Waals surface area contributed by atoms with E-state index in [4.69, 9.17) is 4.63 Å². The number of nitrogens with one attached hydrogen (secondary N) is 2. The number of ether oxygens (including phenoxy) is 2. The monoisotopic (exact) mass is 482 g/mol. The molecule has 0 fully saturated rings. The second-order valence-corrected chi connectivity index (χ2v) is 8.59. The van der Waals surface area contributed by atoms with E-state index < -0.39 is 22.0 Å². The van der Waals surface area contributed by atoms with Gasteiger partial charge in [-0.1, -0.05) is 0 Å². The summed E-state index contributed by atoms with van der Waals surface area (Å²) >= 11 is 0. The number of hydrogen-bond donors (Lipinski definition) is 2. The van der Waals surface area contributed by atoms with Crippen molar-refractivity contribution >= 4 is 50.1 Å². The molecule has 0 spiro atoms. The summed E-state index contributed by atoms with van der Waals surface area (Å²) in [7, 11) is -1.51. The smallest absolute Gasteiger partial charge is 0.337 e. The topological polar surface area (TPSA) is 150 Å². The van der Waals surface area contributed by atoms with Crippen LogP contribution in [0.3, 0.4) is 0 Å². The zero-order chi connectivity index (χ0) is 24.3. The quantitative estimate of drug-likeness (QED) is 0.375. The third-order valence-electron chi connectivity index (χ3n) is 4.81. The molecule has 2 N–H and O–H groups in total. The fourth-order valence-corrected chi connectivity index (χ4v) is 4.32. The summed E-state index contributed by atoms with van der Waals surface area (Å²) in [6.45, 7) is 0. The van der Waals surface area contributed by atoms with Gasteiger partial charge in [0.1, 0.15) is 4.90 Å². The fourth-order valence-electron chi connectivity index (χ4n) is 3.13. The Morgan fingerprint density at radius 2 is 1.29 bits per heavy atom. The van der Waals surface area contributed by atoms with Crippen molar-refractivity contribution in [3.8, 4) is 0 Å². The largest absolute Gasteiger partial charge is 0.465 e. The maximum Gasteiger partial charge on any atom is 0.337 e. The molecule has 0 saturated carbocycles. The van der Waals surface area contributed by atoms with Crippen LogP contribution in [-0.4, -0.2) is 44.9 Å². The van der Waals surface area contributed by atoms with Crippen molar-refractivity contribution in [1.29, 1.82) is 0 Å². The van der Waals surface area contributed by atoms with Crippen molar-refractivity contribution in [1.82, 2.24) is 10.3 Å². The van der Waals surface area contributed by atoms with Crippen LogP contribution in [0.5, 0.6) is 0 Å². The van der Waals surface area contributed by atoms with Crippen LogP contribution < -0.4 is 10.0 Å². The Balaban J connectivity index is 1.60. The molecule has 12 heteroatoms. The van der Waals surface area contributed by atoms with E-state index in [9.17, 15) is 18.0 Å². The van der Waals surface area contributed by atoms with Gasteiger partial charge in [0.15, 0.2) is 11.0 Å². The average molecular weight is 482 g/mol. The molecule has 0 aliphatic carbocycles. The zero-order valence-electron chi connectivity index (χ0n) is 17.9. The lowest BCUT2D eigenvalue weighted by Gasteiger charge is -2.11. The number of benzene rings is 3. The first-order valence-corrected chi connectivity index (χ1v) is 11.2. The predicted octanol–water partition coefficient (Wildman–Crippen LogP) is 3.34. The third kappa shape index (κ3) is 4.52. The number of anilines is 3. The van der Waals surface area contributed by atoms with E-state index in [1.807, 2.05) is 0 Å². The van der Waals surface area contributed by atoms with Crippen LogP contribution in [0.2, 0.25) is 0 Å². The van der Waals surface area contributed by atoms with E-state index in [1.165, 1.54) is 50.6 Å². The van der Waals surface area contributed by atoms with Gasteiger partial charge in [-0.3, -0.25) is 4.72 Å². The lowest BCUT2D eigenvalue weighted by molar-refractivity contribution is 0.0592. The molecule has 3 aromatic carbocycles. The molecule has 4 aromatic rings. The molecule has 0 unspecified atom stereocenters. The Bertz CT molecular complexity index is 1460. The van der Waals surface area contributed by atoms with Crippen LogP contribution in [0.1, 0.15) is 20.7 Å². The number of hydrogen-bond acceptors (Lipinski definition) is 10. The molecule has 174 valence electrons. The normalized spacial score (nSPS) is 11.1.